The molecule has 1 heterocycles. The van der Waals surface area contributed by atoms with Crippen LogP contribution in [0.25, 0.3) is 0 Å². The number of amides is 1. The van der Waals surface area contributed by atoms with E-state index in [1.54, 1.807) is 0 Å². The van der Waals surface area contributed by atoms with Crippen LogP contribution in [0.4, 0.5) is 0 Å². The lowest BCUT2D eigenvalue weighted by Crippen LogP contribution is -2.23. The fourth-order valence-electron chi connectivity index (χ4n) is 1.79. The largest absolute Gasteiger partial charge is 0.491 e. The topological polar surface area (TPSA) is 67.0 Å². The number of nitrogens with one attached hydrogen (secondary N) is 2. The Labute approximate surface area is 132 Å². The van der Waals surface area contributed by atoms with Crippen LogP contribution in [0.3, 0.4) is 0 Å². The standard InChI is InChI=1S/C15H18BrN3O2/c1-9(2)21-12-6-4-11(5-7-12)8-17-15(20)14-13(16)10(3)18-19-14/h4-7,9H,8H2,1-3H3,(H,17,20)(H,18,19). The number of hydrogen-bond acceptors (Lipinski definition) is 3. The molecule has 1 aromatic heterocycles. The highest BCUT2D eigenvalue weighted by Gasteiger charge is 2.15. The van der Waals surface area contributed by atoms with E-state index in [9.17, 15) is 4.79 Å². The molecular weight excluding hydrogens is 334 g/mol. The summed E-state index contributed by atoms with van der Waals surface area (Å²) in [5, 5.41) is 9.58. The van der Waals surface area contributed by atoms with Crippen LogP contribution in [0, 0.1) is 6.92 Å². The number of aromatic amines is 1. The average Bonchev–Trinajstić information content (AvgIpc) is 2.77. The van der Waals surface area contributed by atoms with Gasteiger partial charge in [0.2, 0.25) is 0 Å². The Kier molecular flexibility index (Phi) is 5.01. The zero-order chi connectivity index (χ0) is 15.4. The number of hydrogen-bond donors (Lipinski definition) is 2. The fourth-order valence-corrected chi connectivity index (χ4v) is 2.15. The smallest absolute Gasteiger partial charge is 0.273 e. The molecule has 2 N–H and O–H groups in total. The predicted molar refractivity (Wildman–Crippen MR) is 84.4 cm³/mol. The van der Waals surface area contributed by atoms with E-state index >= 15 is 0 Å². The third kappa shape index (κ3) is 4.07. The molecule has 0 saturated carbocycles. The summed E-state index contributed by atoms with van der Waals surface area (Å²) < 4.78 is 6.27. The van der Waals surface area contributed by atoms with E-state index in [4.69, 9.17) is 4.74 Å². The maximum atomic E-state index is 12.0. The Morgan fingerprint density at radius 3 is 2.57 bits per heavy atom. The normalized spacial score (nSPS) is 10.7. The third-order valence-corrected chi connectivity index (χ3v) is 3.81. The molecule has 2 aromatic rings. The van der Waals surface area contributed by atoms with E-state index in [0.29, 0.717) is 16.7 Å². The molecular formula is C15H18BrN3O2. The fraction of sp³-hybridized carbons (Fsp3) is 0.333. The zero-order valence-electron chi connectivity index (χ0n) is 12.2. The van der Waals surface area contributed by atoms with Gasteiger partial charge in [0.05, 0.1) is 10.6 Å². The minimum Gasteiger partial charge on any atom is -0.491 e. The molecule has 0 radical (unpaired) electrons. The summed E-state index contributed by atoms with van der Waals surface area (Å²) in [5.74, 6) is 0.611. The van der Waals surface area contributed by atoms with E-state index in [1.165, 1.54) is 0 Å². The maximum absolute atomic E-state index is 12.0. The van der Waals surface area contributed by atoms with Gasteiger partial charge in [-0.1, -0.05) is 12.1 Å². The van der Waals surface area contributed by atoms with Crippen LogP contribution in [-0.2, 0) is 6.54 Å². The number of aromatic nitrogens is 2. The van der Waals surface area contributed by atoms with Crippen molar-refractivity contribution < 1.29 is 9.53 Å². The molecule has 2 rings (SSSR count). The SMILES string of the molecule is Cc1[nH]nc(C(=O)NCc2ccc(OC(C)C)cc2)c1Br. The van der Waals surface area contributed by atoms with Crippen LogP contribution >= 0.6 is 15.9 Å². The van der Waals surface area contributed by atoms with Gasteiger partial charge in [-0.05, 0) is 54.4 Å². The molecule has 0 aliphatic rings. The Morgan fingerprint density at radius 2 is 2.05 bits per heavy atom. The molecule has 5 nitrogen and oxygen atoms in total. The van der Waals surface area contributed by atoms with Gasteiger partial charge in [-0.25, -0.2) is 0 Å². The Morgan fingerprint density at radius 1 is 1.38 bits per heavy atom. The van der Waals surface area contributed by atoms with E-state index < -0.39 is 0 Å². The second-order valence-electron chi connectivity index (χ2n) is 5.00. The van der Waals surface area contributed by atoms with Gasteiger partial charge in [-0.2, -0.15) is 5.10 Å². The van der Waals surface area contributed by atoms with Gasteiger partial charge in [0.1, 0.15) is 5.75 Å². The number of H-pyrrole nitrogens is 1. The monoisotopic (exact) mass is 351 g/mol. The van der Waals surface area contributed by atoms with Crippen molar-refractivity contribution in [2.24, 2.45) is 0 Å². The van der Waals surface area contributed by atoms with Crippen LogP contribution < -0.4 is 10.1 Å². The van der Waals surface area contributed by atoms with Crippen LogP contribution in [-0.4, -0.2) is 22.2 Å². The van der Waals surface area contributed by atoms with Gasteiger partial charge in [-0.15, -0.1) is 0 Å². The van der Waals surface area contributed by atoms with Crippen LogP contribution in [0.1, 0.15) is 35.6 Å². The number of aryl methyl sites for hydroxylation is 1. The minimum absolute atomic E-state index is 0.149. The van der Waals surface area contributed by atoms with E-state index in [-0.39, 0.29) is 12.0 Å². The number of benzene rings is 1. The lowest BCUT2D eigenvalue weighted by molar-refractivity contribution is 0.0945. The molecule has 0 aliphatic heterocycles. The lowest BCUT2D eigenvalue weighted by Gasteiger charge is -2.10. The minimum atomic E-state index is -0.214. The first kappa shape index (κ1) is 15.6. The van der Waals surface area contributed by atoms with Crippen LogP contribution in [0.2, 0.25) is 0 Å². The van der Waals surface area contributed by atoms with Crippen molar-refractivity contribution in [2.45, 2.75) is 33.4 Å². The number of rotatable bonds is 5. The van der Waals surface area contributed by atoms with Gasteiger partial charge in [0, 0.05) is 12.2 Å². The maximum Gasteiger partial charge on any atom is 0.273 e. The van der Waals surface area contributed by atoms with E-state index in [0.717, 1.165) is 17.0 Å². The molecule has 0 aliphatic carbocycles. The molecule has 0 atom stereocenters. The summed E-state index contributed by atoms with van der Waals surface area (Å²) in [6, 6.07) is 7.66. The van der Waals surface area contributed by atoms with Crippen molar-refractivity contribution in [3.05, 3.63) is 45.7 Å². The molecule has 0 fully saturated rings. The number of nitrogens with zero attached hydrogens (tertiary/aromatic N) is 1. The van der Waals surface area contributed by atoms with Gasteiger partial charge >= 0.3 is 0 Å². The van der Waals surface area contributed by atoms with Crippen molar-refractivity contribution in [1.29, 1.82) is 0 Å². The predicted octanol–water partition coefficient (Wildman–Crippen LogP) is 3.20. The second kappa shape index (κ2) is 6.76. The molecule has 112 valence electrons. The highest BCUT2D eigenvalue weighted by Crippen LogP contribution is 2.18. The highest BCUT2D eigenvalue weighted by atomic mass is 79.9. The average molecular weight is 352 g/mol. The Bertz CT molecular complexity index is 620. The number of halogens is 1. The quantitative estimate of drug-likeness (QED) is 0.869. The molecule has 1 aromatic carbocycles. The van der Waals surface area contributed by atoms with Crippen molar-refractivity contribution in [3.63, 3.8) is 0 Å². The lowest BCUT2D eigenvalue weighted by atomic mass is 10.2. The highest BCUT2D eigenvalue weighted by molar-refractivity contribution is 9.10. The van der Waals surface area contributed by atoms with Crippen molar-refractivity contribution >= 4 is 21.8 Å². The summed E-state index contributed by atoms with van der Waals surface area (Å²) in [5.41, 5.74) is 2.20. The molecule has 0 bridgehead atoms. The molecule has 1 amide bonds. The van der Waals surface area contributed by atoms with Crippen LogP contribution in [0.15, 0.2) is 28.7 Å². The summed E-state index contributed by atoms with van der Waals surface area (Å²) in [7, 11) is 0. The second-order valence-corrected chi connectivity index (χ2v) is 5.80. The van der Waals surface area contributed by atoms with E-state index in [1.807, 2.05) is 45.0 Å². The Balaban J connectivity index is 1.94. The molecule has 0 unspecified atom stereocenters. The summed E-state index contributed by atoms with van der Waals surface area (Å²) in [6.07, 6.45) is 0.149. The van der Waals surface area contributed by atoms with Gasteiger partial charge in [0.25, 0.3) is 5.91 Å². The molecule has 0 saturated heterocycles. The van der Waals surface area contributed by atoms with Gasteiger partial charge < -0.3 is 10.1 Å². The number of carbonyl (C=O) groups is 1. The van der Waals surface area contributed by atoms with Gasteiger partial charge in [0.15, 0.2) is 5.69 Å². The summed E-state index contributed by atoms with van der Waals surface area (Å²) in [6.45, 7) is 6.26. The molecule has 6 heteroatoms. The first-order valence-electron chi connectivity index (χ1n) is 6.71. The van der Waals surface area contributed by atoms with Crippen molar-refractivity contribution in [1.82, 2.24) is 15.5 Å². The number of ether oxygens (including phenoxy) is 1. The first-order chi connectivity index (χ1) is 9.97. The molecule has 0 spiro atoms. The Hall–Kier alpha value is -1.82. The van der Waals surface area contributed by atoms with Crippen LogP contribution in [0.5, 0.6) is 5.75 Å². The molecule has 21 heavy (non-hydrogen) atoms. The zero-order valence-corrected chi connectivity index (χ0v) is 13.8. The third-order valence-electron chi connectivity index (χ3n) is 2.84. The first-order valence-corrected chi connectivity index (χ1v) is 7.51. The van der Waals surface area contributed by atoms with E-state index in [2.05, 4.69) is 31.4 Å². The van der Waals surface area contributed by atoms with Crippen molar-refractivity contribution in [3.8, 4) is 5.75 Å². The van der Waals surface area contributed by atoms with Gasteiger partial charge in [-0.3, -0.25) is 9.89 Å². The number of carbonyl (C=O) groups excluding carboxylic acids is 1. The van der Waals surface area contributed by atoms with Crippen molar-refractivity contribution in [2.75, 3.05) is 0 Å². The summed E-state index contributed by atoms with van der Waals surface area (Å²) in [4.78, 5) is 12.0. The summed E-state index contributed by atoms with van der Waals surface area (Å²) >= 11 is 3.34.